The summed E-state index contributed by atoms with van der Waals surface area (Å²) >= 11 is 0. The maximum atomic E-state index is 12.1. The van der Waals surface area contributed by atoms with E-state index in [1.807, 2.05) is 14.0 Å². The molecule has 0 aromatic carbocycles. The molecule has 0 saturated carbocycles. The fraction of sp³-hybridized carbons (Fsp3) is 0.692. The van der Waals surface area contributed by atoms with Crippen LogP contribution < -0.4 is 0 Å². The second kappa shape index (κ2) is 6.45. The van der Waals surface area contributed by atoms with Crippen molar-refractivity contribution in [1.29, 1.82) is 0 Å². The molecule has 0 fully saturated rings. The van der Waals surface area contributed by atoms with Gasteiger partial charge in [-0.05, 0) is 25.7 Å². The van der Waals surface area contributed by atoms with Crippen molar-refractivity contribution in [2.45, 2.75) is 44.9 Å². The largest absolute Gasteiger partial charge is 0.345 e. The molecule has 1 aliphatic carbocycles. The van der Waals surface area contributed by atoms with Crippen LogP contribution in [0.4, 0.5) is 0 Å². The second-order valence-electron chi connectivity index (χ2n) is 5.23. The molecule has 19 heavy (non-hydrogen) atoms. The molecule has 0 unspecified atom stereocenters. The van der Waals surface area contributed by atoms with E-state index in [0.717, 1.165) is 12.8 Å². The van der Waals surface area contributed by atoms with Gasteiger partial charge in [0.15, 0.2) is 5.82 Å². The van der Waals surface area contributed by atoms with Gasteiger partial charge in [0.1, 0.15) is 0 Å². The molecule has 1 N–H and O–H groups in total. The predicted octanol–water partition coefficient (Wildman–Crippen LogP) is 1.65. The smallest absolute Gasteiger partial charge is 0.226 e. The van der Waals surface area contributed by atoms with Crippen LogP contribution >= 0.6 is 0 Å². The van der Waals surface area contributed by atoms with Crippen LogP contribution in [0.25, 0.3) is 0 Å². The van der Waals surface area contributed by atoms with E-state index in [0.29, 0.717) is 18.8 Å². The highest BCUT2D eigenvalue weighted by Crippen LogP contribution is 2.21. The number of hydrogen-bond donors (Lipinski definition) is 1. The second-order valence-corrected chi connectivity index (χ2v) is 5.23. The first kappa shape index (κ1) is 13.7. The standard InChI is InChI=1S/C13H21N5O/c1-10(13-14-16-17-15-13)9-18(2)12(19)8-11-6-4-3-5-7-11/h6,10H,3-5,7-9H2,1-2H3,(H,14,15,16,17)/t10-/m1/s1. The number of carbonyl (C=O) groups excluding carboxylic acids is 1. The molecule has 1 amide bonds. The van der Waals surface area contributed by atoms with Crippen molar-refractivity contribution < 1.29 is 4.79 Å². The van der Waals surface area contributed by atoms with E-state index in [1.54, 1.807) is 4.90 Å². The molecule has 6 nitrogen and oxygen atoms in total. The van der Waals surface area contributed by atoms with E-state index in [4.69, 9.17) is 0 Å². The summed E-state index contributed by atoms with van der Waals surface area (Å²) < 4.78 is 0. The average Bonchev–Trinajstić information content (AvgIpc) is 2.93. The fourth-order valence-corrected chi connectivity index (χ4v) is 2.37. The summed E-state index contributed by atoms with van der Waals surface area (Å²) in [5.41, 5.74) is 1.29. The summed E-state index contributed by atoms with van der Waals surface area (Å²) in [6.45, 7) is 2.61. The minimum absolute atomic E-state index is 0.0908. The number of hydrogen-bond acceptors (Lipinski definition) is 4. The third-order valence-electron chi connectivity index (χ3n) is 3.54. The number of nitrogens with one attached hydrogen (secondary N) is 1. The fourth-order valence-electron chi connectivity index (χ4n) is 2.37. The van der Waals surface area contributed by atoms with E-state index >= 15 is 0 Å². The number of tetrazole rings is 1. The number of rotatable bonds is 5. The molecule has 0 aliphatic heterocycles. The minimum Gasteiger partial charge on any atom is -0.345 e. The Kier molecular flexibility index (Phi) is 4.65. The van der Waals surface area contributed by atoms with Gasteiger partial charge >= 0.3 is 0 Å². The maximum absolute atomic E-state index is 12.1. The van der Waals surface area contributed by atoms with Crippen LogP contribution in [0.3, 0.4) is 0 Å². The molecule has 6 heteroatoms. The first-order chi connectivity index (χ1) is 9.16. The molecule has 1 aliphatic rings. The van der Waals surface area contributed by atoms with Gasteiger partial charge in [-0.3, -0.25) is 4.79 Å². The molecule has 0 radical (unpaired) electrons. The number of likely N-dealkylation sites (N-methyl/N-ethyl adjacent to an activating group) is 1. The Hall–Kier alpha value is -1.72. The zero-order valence-electron chi connectivity index (χ0n) is 11.6. The number of H-pyrrole nitrogens is 1. The molecule has 104 valence electrons. The number of carbonyl (C=O) groups is 1. The molecule has 1 heterocycles. The van der Waals surface area contributed by atoms with Crippen molar-refractivity contribution in [2.75, 3.05) is 13.6 Å². The lowest BCUT2D eigenvalue weighted by Crippen LogP contribution is -2.31. The van der Waals surface area contributed by atoms with Crippen LogP contribution in [-0.4, -0.2) is 45.0 Å². The normalized spacial score (nSPS) is 16.8. The molecule has 0 saturated heterocycles. The number of nitrogens with zero attached hydrogens (tertiary/aromatic N) is 4. The van der Waals surface area contributed by atoms with Crippen molar-refractivity contribution in [2.24, 2.45) is 0 Å². The monoisotopic (exact) mass is 263 g/mol. The molecule has 1 aromatic rings. The zero-order valence-corrected chi connectivity index (χ0v) is 11.6. The van der Waals surface area contributed by atoms with Crippen molar-refractivity contribution in [3.05, 3.63) is 17.5 Å². The SMILES string of the molecule is C[C@H](CN(C)C(=O)CC1=CCCCC1)c1nn[nH]n1. The van der Waals surface area contributed by atoms with Crippen molar-refractivity contribution >= 4 is 5.91 Å². The summed E-state index contributed by atoms with van der Waals surface area (Å²) in [7, 11) is 1.84. The number of aromatic amines is 1. The van der Waals surface area contributed by atoms with Gasteiger partial charge in [-0.1, -0.05) is 23.8 Å². The third kappa shape index (κ3) is 3.87. The first-order valence-electron chi connectivity index (χ1n) is 6.82. The number of allylic oxidation sites excluding steroid dienone is 1. The lowest BCUT2D eigenvalue weighted by Gasteiger charge is -2.21. The Bertz CT molecular complexity index is 440. The quantitative estimate of drug-likeness (QED) is 0.820. The highest BCUT2D eigenvalue weighted by Gasteiger charge is 2.18. The molecule has 0 bridgehead atoms. The lowest BCUT2D eigenvalue weighted by atomic mass is 9.97. The third-order valence-corrected chi connectivity index (χ3v) is 3.54. The van der Waals surface area contributed by atoms with E-state index in [2.05, 4.69) is 26.7 Å². The Labute approximate surface area is 113 Å². The highest BCUT2D eigenvalue weighted by molar-refractivity contribution is 5.78. The molecule has 2 rings (SSSR count). The van der Waals surface area contributed by atoms with Crippen LogP contribution in [0.5, 0.6) is 0 Å². The van der Waals surface area contributed by atoms with E-state index in [-0.39, 0.29) is 11.8 Å². The minimum atomic E-state index is 0.0908. The Morgan fingerprint density at radius 3 is 3.00 bits per heavy atom. The van der Waals surface area contributed by atoms with Crippen LogP contribution in [0.1, 0.15) is 50.8 Å². The summed E-state index contributed by atoms with van der Waals surface area (Å²) in [4.78, 5) is 13.9. The van der Waals surface area contributed by atoms with Crippen LogP contribution in [0.15, 0.2) is 11.6 Å². The van der Waals surface area contributed by atoms with Gasteiger partial charge in [0.25, 0.3) is 0 Å². The van der Waals surface area contributed by atoms with Crippen molar-refractivity contribution in [3.8, 4) is 0 Å². The van der Waals surface area contributed by atoms with Crippen LogP contribution in [0, 0.1) is 0 Å². The topological polar surface area (TPSA) is 74.8 Å². The predicted molar refractivity (Wildman–Crippen MR) is 71.4 cm³/mol. The van der Waals surface area contributed by atoms with Crippen LogP contribution in [0.2, 0.25) is 0 Å². The van der Waals surface area contributed by atoms with E-state index < -0.39 is 0 Å². The highest BCUT2D eigenvalue weighted by atomic mass is 16.2. The molecule has 1 atom stereocenters. The van der Waals surface area contributed by atoms with Crippen LogP contribution in [-0.2, 0) is 4.79 Å². The zero-order chi connectivity index (χ0) is 13.7. The van der Waals surface area contributed by atoms with Gasteiger partial charge in [-0.15, -0.1) is 10.2 Å². The van der Waals surface area contributed by atoms with Gasteiger partial charge in [0.05, 0.1) is 0 Å². The van der Waals surface area contributed by atoms with Gasteiger partial charge in [0.2, 0.25) is 5.91 Å². The molecular weight excluding hydrogens is 242 g/mol. The average molecular weight is 263 g/mol. The number of aromatic nitrogens is 4. The Morgan fingerprint density at radius 2 is 2.37 bits per heavy atom. The van der Waals surface area contributed by atoms with E-state index in [9.17, 15) is 4.79 Å². The first-order valence-corrected chi connectivity index (χ1v) is 6.82. The summed E-state index contributed by atoms with van der Waals surface area (Å²) in [6, 6.07) is 0. The number of amides is 1. The van der Waals surface area contributed by atoms with Gasteiger partial charge in [0, 0.05) is 25.9 Å². The Morgan fingerprint density at radius 1 is 1.53 bits per heavy atom. The van der Waals surface area contributed by atoms with Crippen molar-refractivity contribution in [3.63, 3.8) is 0 Å². The van der Waals surface area contributed by atoms with Gasteiger partial charge in [-0.2, -0.15) is 5.21 Å². The maximum Gasteiger partial charge on any atom is 0.226 e. The lowest BCUT2D eigenvalue weighted by molar-refractivity contribution is -0.129. The summed E-state index contributed by atoms with van der Waals surface area (Å²) in [6.07, 6.45) is 7.42. The molecule has 0 spiro atoms. The summed E-state index contributed by atoms with van der Waals surface area (Å²) in [5.74, 6) is 0.910. The van der Waals surface area contributed by atoms with Crippen molar-refractivity contribution in [1.82, 2.24) is 25.5 Å². The molecular formula is C13H21N5O. The molecule has 1 aromatic heterocycles. The van der Waals surface area contributed by atoms with Gasteiger partial charge < -0.3 is 4.90 Å². The Balaban J connectivity index is 1.83. The van der Waals surface area contributed by atoms with E-state index in [1.165, 1.54) is 18.4 Å². The summed E-state index contributed by atoms with van der Waals surface area (Å²) in [5, 5.41) is 13.9. The van der Waals surface area contributed by atoms with Gasteiger partial charge in [-0.25, -0.2) is 0 Å².